The Hall–Kier alpha value is -2.73. The first-order valence-electron chi connectivity index (χ1n) is 8.98. The first kappa shape index (κ1) is 15.5. The van der Waals surface area contributed by atoms with Gasteiger partial charge in [-0.3, -0.25) is 0 Å². The number of rotatable bonds is 4. The summed E-state index contributed by atoms with van der Waals surface area (Å²) in [6.45, 7) is 1.77. The van der Waals surface area contributed by atoms with Crippen LogP contribution in [0.15, 0.2) is 47.1 Å². The number of ether oxygens (including phenoxy) is 3. The molecule has 2 aromatic heterocycles. The van der Waals surface area contributed by atoms with Crippen molar-refractivity contribution in [2.24, 2.45) is 0 Å². The number of furan rings is 1. The van der Waals surface area contributed by atoms with Crippen molar-refractivity contribution in [2.75, 3.05) is 13.4 Å². The molecular weight excluding hydrogens is 332 g/mol. The first-order valence-corrected chi connectivity index (χ1v) is 8.98. The highest BCUT2D eigenvalue weighted by Crippen LogP contribution is 2.34. The number of benzene rings is 1. The molecule has 0 amide bonds. The van der Waals surface area contributed by atoms with E-state index in [2.05, 4.69) is 9.55 Å². The zero-order valence-electron chi connectivity index (χ0n) is 14.4. The maximum atomic E-state index is 6.07. The van der Waals surface area contributed by atoms with Gasteiger partial charge in [-0.2, -0.15) is 0 Å². The third-order valence-electron chi connectivity index (χ3n) is 4.85. The predicted octanol–water partition coefficient (Wildman–Crippen LogP) is 4.16. The second kappa shape index (κ2) is 6.53. The molecule has 0 unspecified atom stereocenters. The summed E-state index contributed by atoms with van der Waals surface area (Å²) in [6, 6.07) is 9.98. The van der Waals surface area contributed by atoms with Crippen LogP contribution < -0.4 is 9.47 Å². The topological polar surface area (TPSA) is 58.7 Å². The number of hydrogen-bond acceptors (Lipinski definition) is 5. The molecule has 6 heteroatoms. The normalized spacial score (nSPS) is 19.0. The van der Waals surface area contributed by atoms with Crippen molar-refractivity contribution in [3.05, 3.63) is 54.0 Å². The monoisotopic (exact) mass is 352 g/mol. The van der Waals surface area contributed by atoms with Gasteiger partial charge in [0.25, 0.3) is 0 Å². The van der Waals surface area contributed by atoms with E-state index in [1.165, 1.54) is 6.42 Å². The smallest absolute Gasteiger partial charge is 0.231 e. The van der Waals surface area contributed by atoms with Gasteiger partial charge in [-0.05, 0) is 49.1 Å². The molecule has 1 atom stereocenters. The van der Waals surface area contributed by atoms with E-state index in [1.54, 1.807) is 6.20 Å². The highest BCUT2D eigenvalue weighted by Gasteiger charge is 2.21. The molecule has 5 rings (SSSR count). The molecule has 134 valence electrons. The fourth-order valence-electron chi connectivity index (χ4n) is 3.51. The zero-order valence-corrected chi connectivity index (χ0v) is 14.4. The lowest BCUT2D eigenvalue weighted by molar-refractivity contribution is 0.00218. The Morgan fingerprint density at radius 3 is 2.96 bits per heavy atom. The van der Waals surface area contributed by atoms with Crippen molar-refractivity contribution in [3.8, 4) is 23.1 Å². The van der Waals surface area contributed by atoms with Crippen LogP contribution in [-0.2, 0) is 11.3 Å². The summed E-state index contributed by atoms with van der Waals surface area (Å²) in [5.41, 5.74) is 1.12. The van der Waals surface area contributed by atoms with Crippen molar-refractivity contribution in [3.63, 3.8) is 0 Å². The van der Waals surface area contributed by atoms with E-state index in [0.29, 0.717) is 6.54 Å². The molecule has 26 heavy (non-hydrogen) atoms. The summed E-state index contributed by atoms with van der Waals surface area (Å²) >= 11 is 0. The van der Waals surface area contributed by atoms with Gasteiger partial charge in [0.2, 0.25) is 6.79 Å². The maximum absolute atomic E-state index is 6.07. The van der Waals surface area contributed by atoms with Crippen LogP contribution in [0.4, 0.5) is 0 Å². The Kier molecular flexibility index (Phi) is 3.90. The van der Waals surface area contributed by atoms with Gasteiger partial charge < -0.3 is 23.2 Å². The summed E-state index contributed by atoms with van der Waals surface area (Å²) in [4.78, 5) is 4.49. The molecule has 2 aliphatic heterocycles. The van der Waals surface area contributed by atoms with Crippen molar-refractivity contribution in [1.82, 2.24) is 9.55 Å². The lowest BCUT2D eigenvalue weighted by Crippen LogP contribution is -2.10. The van der Waals surface area contributed by atoms with Crippen LogP contribution in [0.3, 0.4) is 0 Å². The lowest BCUT2D eigenvalue weighted by atomic mass is 10.1. The molecule has 3 aromatic rings. The van der Waals surface area contributed by atoms with Gasteiger partial charge in [0, 0.05) is 25.5 Å². The van der Waals surface area contributed by atoms with Gasteiger partial charge >= 0.3 is 0 Å². The number of fused-ring (bicyclic) bond motifs is 1. The molecule has 0 radical (unpaired) electrons. The van der Waals surface area contributed by atoms with Crippen LogP contribution in [-0.4, -0.2) is 23.0 Å². The number of aromatic nitrogens is 2. The molecule has 2 aliphatic rings. The van der Waals surface area contributed by atoms with Gasteiger partial charge in [-0.25, -0.2) is 4.98 Å². The Balaban J connectivity index is 1.38. The van der Waals surface area contributed by atoms with Crippen LogP contribution in [0.2, 0.25) is 0 Å². The van der Waals surface area contributed by atoms with Crippen LogP contribution in [0, 0.1) is 0 Å². The SMILES string of the molecule is c1cn(Cc2ccc3c(c2)OCO3)c(-c2ccc([C@H]3CCCCO3)o2)n1. The summed E-state index contributed by atoms with van der Waals surface area (Å²) in [6.07, 6.45) is 7.14. The summed E-state index contributed by atoms with van der Waals surface area (Å²) < 4.78 is 24.8. The predicted molar refractivity (Wildman–Crippen MR) is 94.1 cm³/mol. The third kappa shape index (κ3) is 2.86. The Morgan fingerprint density at radius 1 is 1.08 bits per heavy atom. The molecule has 1 fully saturated rings. The largest absolute Gasteiger partial charge is 0.455 e. The molecule has 0 saturated carbocycles. The minimum atomic E-state index is 0.0646. The molecule has 1 saturated heterocycles. The third-order valence-corrected chi connectivity index (χ3v) is 4.85. The minimum Gasteiger partial charge on any atom is -0.455 e. The molecule has 0 bridgehead atoms. The van der Waals surface area contributed by atoms with Crippen LogP contribution >= 0.6 is 0 Å². The van der Waals surface area contributed by atoms with Crippen molar-refractivity contribution in [2.45, 2.75) is 31.9 Å². The van der Waals surface area contributed by atoms with Gasteiger partial charge in [0.05, 0.1) is 0 Å². The maximum Gasteiger partial charge on any atom is 0.231 e. The van der Waals surface area contributed by atoms with E-state index in [0.717, 1.165) is 53.9 Å². The van der Waals surface area contributed by atoms with Gasteiger partial charge in [-0.1, -0.05) is 6.07 Å². The van der Waals surface area contributed by atoms with Crippen LogP contribution in [0.5, 0.6) is 11.5 Å². The molecular formula is C20H20N2O4. The van der Waals surface area contributed by atoms with Crippen molar-refractivity contribution in [1.29, 1.82) is 0 Å². The Labute approximate surface area is 151 Å². The molecule has 0 aliphatic carbocycles. The highest BCUT2D eigenvalue weighted by atomic mass is 16.7. The minimum absolute atomic E-state index is 0.0646. The van der Waals surface area contributed by atoms with E-state index in [-0.39, 0.29) is 12.9 Å². The fraction of sp³-hybridized carbons (Fsp3) is 0.350. The Bertz CT molecular complexity index is 908. The zero-order chi connectivity index (χ0) is 17.3. The average molecular weight is 352 g/mol. The second-order valence-electron chi connectivity index (χ2n) is 6.62. The fourth-order valence-corrected chi connectivity index (χ4v) is 3.51. The molecule has 0 spiro atoms. The highest BCUT2D eigenvalue weighted by molar-refractivity contribution is 5.49. The van der Waals surface area contributed by atoms with E-state index >= 15 is 0 Å². The summed E-state index contributed by atoms with van der Waals surface area (Å²) in [5, 5.41) is 0. The average Bonchev–Trinajstić information content (AvgIpc) is 3.42. The van der Waals surface area contributed by atoms with Gasteiger partial charge in [-0.15, -0.1) is 0 Å². The molecule has 4 heterocycles. The standard InChI is InChI=1S/C20H20N2O4/c1-2-10-23-15(3-1)17-6-7-18(26-17)20-21-8-9-22(20)12-14-4-5-16-19(11-14)25-13-24-16/h4-9,11,15H,1-3,10,12-13H2/t15-/m1/s1. The van der Waals surface area contributed by atoms with Crippen LogP contribution in [0.1, 0.15) is 36.7 Å². The van der Waals surface area contributed by atoms with Crippen molar-refractivity contribution < 1.29 is 18.6 Å². The van der Waals surface area contributed by atoms with E-state index < -0.39 is 0 Å². The number of nitrogens with zero attached hydrogens (tertiary/aromatic N) is 2. The second-order valence-corrected chi connectivity index (χ2v) is 6.62. The first-order chi connectivity index (χ1) is 12.9. The number of hydrogen-bond donors (Lipinski definition) is 0. The quantitative estimate of drug-likeness (QED) is 0.705. The summed E-state index contributed by atoms with van der Waals surface area (Å²) in [7, 11) is 0. The Morgan fingerprint density at radius 2 is 2.04 bits per heavy atom. The lowest BCUT2D eigenvalue weighted by Gasteiger charge is -2.20. The molecule has 0 N–H and O–H groups in total. The number of imidazole rings is 1. The molecule has 1 aromatic carbocycles. The van der Waals surface area contributed by atoms with Gasteiger partial charge in [0.1, 0.15) is 11.9 Å². The van der Waals surface area contributed by atoms with E-state index in [1.807, 2.05) is 36.5 Å². The van der Waals surface area contributed by atoms with Crippen LogP contribution in [0.25, 0.3) is 11.6 Å². The van der Waals surface area contributed by atoms with Crippen molar-refractivity contribution >= 4 is 0 Å². The van der Waals surface area contributed by atoms with Gasteiger partial charge in [0.15, 0.2) is 23.1 Å². The van der Waals surface area contributed by atoms with E-state index in [9.17, 15) is 0 Å². The van der Waals surface area contributed by atoms with E-state index in [4.69, 9.17) is 18.6 Å². The molecule has 6 nitrogen and oxygen atoms in total. The summed E-state index contributed by atoms with van der Waals surface area (Å²) in [5.74, 6) is 4.05.